The van der Waals surface area contributed by atoms with Crippen molar-refractivity contribution in [3.05, 3.63) is 24.7 Å². The van der Waals surface area contributed by atoms with Gasteiger partial charge >= 0.3 is 6.09 Å². The quantitative estimate of drug-likeness (QED) is 0.769. The van der Waals surface area contributed by atoms with E-state index >= 15 is 0 Å². The lowest BCUT2D eigenvalue weighted by molar-refractivity contribution is 0.0438. The van der Waals surface area contributed by atoms with E-state index < -0.39 is 17.2 Å². The van der Waals surface area contributed by atoms with E-state index in [-0.39, 0.29) is 6.42 Å². The first kappa shape index (κ1) is 21.4. The molecule has 2 N–H and O–H groups in total. The van der Waals surface area contributed by atoms with Gasteiger partial charge in [0, 0.05) is 32.5 Å². The van der Waals surface area contributed by atoms with E-state index in [1.165, 1.54) is 0 Å². The minimum absolute atomic E-state index is 0.234. The van der Waals surface area contributed by atoms with Gasteiger partial charge in [-0.1, -0.05) is 0 Å². The zero-order valence-electron chi connectivity index (χ0n) is 17.8. The first-order valence-corrected chi connectivity index (χ1v) is 9.90. The summed E-state index contributed by atoms with van der Waals surface area (Å²) in [4.78, 5) is 23.3. The molecule has 10 nitrogen and oxygen atoms in total. The second-order valence-electron chi connectivity index (χ2n) is 8.50. The second kappa shape index (κ2) is 8.57. The Morgan fingerprint density at radius 1 is 1.37 bits per heavy atom. The van der Waals surface area contributed by atoms with Crippen molar-refractivity contribution >= 4 is 23.5 Å². The molecule has 1 aliphatic heterocycles. The number of alkyl carbamates (subject to hydrolysis) is 1. The summed E-state index contributed by atoms with van der Waals surface area (Å²) in [5, 5.41) is 19.5. The Kier molecular flexibility index (Phi) is 6.10. The minimum Gasteiger partial charge on any atom is -0.444 e. The number of anilines is 3. The highest BCUT2D eigenvalue weighted by molar-refractivity contribution is 5.69. The molecule has 0 aliphatic carbocycles. The van der Waals surface area contributed by atoms with Crippen molar-refractivity contribution in [3.63, 3.8) is 0 Å². The lowest BCUT2D eigenvalue weighted by Gasteiger charge is -2.41. The first-order valence-electron chi connectivity index (χ1n) is 9.90. The summed E-state index contributed by atoms with van der Waals surface area (Å²) in [6.45, 7) is 6.76. The molecule has 0 bridgehead atoms. The van der Waals surface area contributed by atoms with Crippen molar-refractivity contribution in [1.82, 2.24) is 25.1 Å². The number of hydrogen-bond donors (Lipinski definition) is 2. The van der Waals surface area contributed by atoms with E-state index in [0.29, 0.717) is 31.9 Å². The molecule has 3 heterocycles. The average Bonchev–Trinajstić information content (AvgIpc) is 3.06. The molecule has 160 valence electrons. The molecule has 0 saturated carbocycles. The summed E-state index contributed by atoms with van der Waals surface area (Å²) in [6, 6.07) is 4.06. The number of hydrogen-bond acceptors (Lipinski definition) is 8. The summed E-state index contributed by atoms with van der Waals surface area (Å²) < 4.78 is 7.09. The summed E-state index contributed by atoms with van der Waals surface area (Å²) in [7, 11) is 1.84. The number of ether oxygens (including phenoxy) is 1. The fourth-order valence-corrected chi connectivity index (χ4v) is 3.38. The van der Waals surface area contributed by atoms with Crippen molar-refractivity contribution in [1.29, 1.82) is 5.26 Å². The number of nitriles is 1. The van der Waals surface area contributed by atoms with E-state index in [4.69, 9.17) is 4.74 Å². The number of carbonyl (C=O) groups excluding carboxylic acids is 1. The molecular formula is C20H28N8O2. The molecule has 3 rings (SSSR count). The third-order valence-corrected chi connectivity index (χ3v) is 4.83. The van der Waals surface area contributed by atoms with Gasteiger partial charge in [0.05, 0.1) is 29.9 Å². The highest BCUT2D eigenvalue weighted by atomic mass is 16.6. The van der Waals surface area contributed by atoms with Gasteiger partial charge in [-0.3, -0.25) is 4.68 Å². The SMILES string of the molecule is Cn1cc(Nc2nccc(N3CCC(CC#N)(NC(=O)OC(C)(C)C)CC3)n2)cn1. The lowest BCUT2D eigenvalue weighted by atomic mass is 9.85. The molecular weight excluding hydrogens is 384 g/mol. The van der Waals surface area contributed by atoms with Crippen LogP contribution in [-0.2, 0) is 11.8 Å². The van der Waals surface area contributed by atoms with Crippen LogP contribution in [0.2, 0.25) is 0 Å². The standard InChI is InChI=1S/C20H28N8O2/c1-19(2,3)30-18(29)26-20(6-9-21)7-11-28(12-8-20)16-5-10-22-17(25-16)24-15-13-23-27(4)14-15/h5,10,13-14H,6-8,11-12H2,1-4H3,(H,26,29)(H,22,24,25). The van der Waals surface area contributed by atoms with Gasteiger partial charge in [-0.15, -0.1) is 0 Å². The number of nitrogens with one attached hydrogen (secondary N) is 2. The molecule has 0 radical (unpaired) electrons. The van der Waals surface area contributed by atoms with Crippen LogP contribution in [0.25, 0.3) is 0 Å². The molecule has 1 amide bonds. The first-order chi connectivity index (χ1) is 14.2. The summed E-state index contributed by atoms with van der Waals surface area (Å²) in [5.74, 6) is 1.28. The molecule has 2 aromatic heterocycles. The second-order valence-corrected chi connectivity index (χ2v) is 8.50. The smallest absolute Gasteiger partial charge is 0.408 e. The zero-order chi connectivity index (χ0) is 21.8. The molecule has 0 aromatic carbocycles. The highest BCUT2D eigenvalue weighted by Crippen LogP contribution is 2.29. The Morgan fingerprint density at radius 3 is 2.70 bits per heavy atom. The monoisotopic (exact) mass is 412 g/mol. The number of amides is 1. The van der Waals surface area contributed by atoms with Gasteiger partial charge < -0.3 is 20.3 Å². The van der Waals surface area contributed by atoms with Gasteiger partial charge in [-0.25, -0.2) is 9.78 Å². The molecule has 2 aromatic rings. The van der Waals surface area contributed by atoms with E-state index in [0.717, 1.165) is 11.5 Å². The van der Waals surface area contributed by atoms with Crippen LogP contribution >= 0.6 is 0 Å². The van der Waals surface area contributed by atoms with Crippen molar-refractivity contribution in [2.75, 3.05) is 23.3 Å². The molecule has 1 saturated heterocycles. The van der Waals surface area contributed by atoms with Gasteiger partial charge in [0.25, 0.3) is 0 Å². The Labute approximate surface area is 176 Å². The predicted octanol–water partition coefficient (Wildman–Crippen LogP) is 2.73. The van der Waals surface area contributed by atoms with Crippen LogP contribution in [0.5, 0.6) is 0 Å². The Balaban J connectivity index is 1.65. The van der Waals surface area contributed by atoms with E-state index in [9.17, 15) is 10.1 Å². The molecule has 1 aliphatic rings. The van der Waals surface area contributed by atoms with Crippen LogP contribution in [0.15, 0.2) is 24.7 Å². The van der Waals surface area contributed by atoms with Crippen LogP contribution in [0.3, 0.4) is 0 Å². The highest BCUT2D eigenvalue weighted by Gasteiger charge is 2.37. The van der Waals surface area contributed by atoms with Gasteiger partial charge in [-0.05, 0) is 39.7 Å². The molecule has 10 heteroatoms. The minimum atomic E-state index is -0.600. The Bertz CT molecular complexity index is 919. The Hall–Kier alpha value is -3.35. The third-order valence-electron chi connectivity index (χ3n) is 4.83. The van der Waals surface area contributed by atoms with Crippen LogP contribution < -0.4 is 15.5 Å². The number of piperidine rings is 1. The summed E-state index contributed by atoms with van der Waals surface area (Å²) in [5.41, 5.74) is -0.378. The van der Waals surface area contributed by atoms with Crippen molar-refractivity contribution < 1.29 is 9.53 Å². The molecule has 0 atom stereocenters. The lowest BCUT2D eigenvalue weighted by Crippen LogP contribution is -2.56. The number of rotatable bonds is 5. The predicted molar refractivity (Wildman–Crippen MR) is 112 cm³/mol. The summed E-state index contributed by atoms with van der Waals surface area (Å²) in [6.07, 6.45) is 6.24. The van der Waals surface area contributed by atoms with Crippen LogP contribution in [-0.4, -0.2) is 50.1 Å². The maximum absolute atomic E-state index is 12.3. The Morgan fingerprint density at radius 2 is 2.10 bits per heavy atom. The zero-order valence-corrected chi connectivity index (χ0v) is 17.8. The molecule has 0 unspecified atom stereocenters. The number of nitrogens with zero attached hydrogens (tertiary/aromatic N) is 6. The van der Waals surface area contributed by atoms with Crippen molar-refractivity contribution in [3.8, 4) is 6.07 Å². The number of aromatic nitrogens is 4. The maximum Gasteiger partial charge on any atom is 0.408 e. The maximum atomic E-state index is 12.3. The number of aryl methyl sites for hydroxylation is 1. The largest absolute Gasteiger partial charge is 0.444 e. The van der Waals surface area contributed by atoms with Crippen molar-refractivity contribution in [2.24, 2.45) is 7.05 Å². The van der Waals surface area contributed by atoms with Gasteiger partial charge in [0.1, 0.15) is 11.4 Å². The molecule has 30 heavy (non-hydrogen) atoms. The summed E-state index contributed by atoms with van der Waals surface area (Å²) >= 11 is 0. The fourth-order valence-electron chi connectivity index (χ4n) is 3.38. The van der Waals surface area contributed by atoms with Crippen molar-refractivity contribution in [2.45, 2.75) is 51.2 Å². The fraction of sp³-hybridized carbons (Fsp3) is 0.550. The van der Waals surface area contributed by atoms with Crippen LogP contribution in [0.4, 0.5) is 22.2 Å². The van der Waals surface area contributed by atoms with E-state index in [2.05, 4.69) is 36.7 Å². The van der Waals surface area contributed by atoms with Gasteiger partial charge in [0.15, 0.2) is 0 Å². The van der Waals surface area contributed by atoms with Gasteiger partial charge in [-0.2, -0.15) is 15.3 Å². The topological polar surface area (TPSA) is 121 Å². The van der Waals surface area contributed by atoms with E-state index in [1.54, 1.807) is 17.1 Å². The molecule has 0 spiro atoms. The third kappa shape index (κ3) is 5.59. The van der Waals surface area contributed by atoms with Gasteiger partial charge in [0.2, 0.25) is 5.95 Å². The van der Waals surface area contributed by atoms with Crippen LogP contribution in [0.1, 0.15) is 40.0 Å². The number of carbonyl (C=O) groups is 1. The van der Waals surface area contributed by atoms with Crippen LogP contribution in [0, 0.1) is 11.3 Å². The average molecular weight is 412 g/mol. The van der Waals surface area contributed by atoms with E-state index in [1.807, 2.05) is 40.1 Å². The normalized spacial score (nSPS) is 15.9. The molecule has 1 fully saturated rings.